The molecule has 0 aliphatic rings. The third kappa shape index (κ3) is 3.26. The number of oxazole rings is 1. The van der Waals surface area contributed by atoms with Gasteiger partial charge >= 0.3 is 0 Å². The molecule has 0 aliphatic heterocycles. The van der Waals surface area contributed by atoms with Gasteiger partial charge in [-0.3, -0.25) is 0 Å². The molecule has 0 bridgehead atoms. The van der Waals surface area contributed by atoms with Crippen LogP contribution >= 0.6 is 0 Å². The van der Waals surface area contributed by atoms with E-state index in [1.165, 1.54) is 5.56 Å². The Bertz CT molecular complexity index is 1210. The molecule has 0 radical (unpaired) electrons. The minimum atomic E-state index is 0.631. The lowest BCUT2D eigenvalue weighted by Gasteiger charge is -2.06. The average molecular weight is 362 g/mol. The Balaban J connectivity index is 1.43. The van der Waals surface area contributed by atoms with Crippen molar-refractivity contribution < 1.29 is 4.42 Å². The summed E-state index contributed by atoms with van der Waals surface area (Å²) in [5.41, 5.74) is 7.00. The van der Waals surface area contributed by atoms with Gasteiger partial charge in [0.1, 0.15) is 5.52 Å². The number of para-hydroxylation sites is 1. The molecule has 28 heavy (non-hydrogen) atoms. The minimum absolute atomic E-state index is 0.631. The fourth-order valence-electron chi connectivity index (χ4n) is 3.25. The van der Waals surface area contributed by atoms with E-state index in [9.17, 15) is 0 Å². The molecule has 0 spiro atoms. The van der Waals surface area contributed by atoms with E-state index < -0.39 is 0 Å². The van der Waals surface area contributed by atoms with Gasteiger partial charge in [0.15, 0.2) is 5.58 Å². The number of fused-ring (bicyclic) bond motifs is 1. The van der Waals surface area contributed by atoms with Gasteiger partial charge < -0.3 is 9.73 Å². The summed E-state index contributed by atoms with van der Waals surface area (Å²) in [7, 11) is 0. The number of nitrogens with zero attached hydrogens (tertiary/aromatic N) is 1. The molecule has 5 aromatic rings. The first-order chi connectivity index (χ1) is 13.8. The van der Waals surface area contributed by atoms with Crippen molar-refractivity contribution in [2.24, 2.45) is 0 Å². The molecule has 1 heterocycles. The van der Waals surface area contributed by atoms with Crippen LogP contribution in [-0.4, -0.2) is 4.98 Å². The van der Waals surface area contributed by atoms with Gasteiger partial charge in [0.05, 0.1) is 0 Å². The van der Waals surface area contributed by atoms with Crippen molar-refractivity contribution >= 4 is 22.5 Å². The molecule has 1 aromatic heterocycles. The van der Waals surface area contributed by atoms with Crippen molar-refractivity contribution in [3.05, 3.63) is 103 Å². The van der Waals surface area contributed by atoms with E-state index in [1.807, 2.05) is 78.9 Å². The smallest absolute Gasteiger partial charge is 0.227 e. The largest absolute Gasteiger partial charge is 0.436 e. The minimum Gasteiger partial charge on any atom is -0.436 e. The summed E-state index contributed by atoms with van der Waals surface area (Å²) in [5.74, 6) is 0.631. The van der Waals surface area contributed by atoms with Crippen LogP contribution in [0.5, 0.6) is 0 Å². The molecule has 5 rings (SSSR count). The van der Waals surface area contributed by atoms with Gasteiger partial charge in [-0.2, -0.15) is 0 Å². The normalized spacial score (nSPS) is 10.9. The van der Waals surface area contributed by atoms with E-state index in [4.69, 9.17) is 9.40 Å². The summed E-state index contributed by atoms with van der Waals surface area (Å²) in [5, 5.41) is 3.38. The number of benzene rings is 4. The monoisotopic (exact) mass is 362 g/mol. The van der Waals surface area contributed by atoms with Crippen molar-refractivity contribution in [1.82, 2.24) is 4.98 Å². The Labute approximate surface area is 163 Å². The quantitative estimate of drug-likeness (QED) is 0.378. The highest BCUT2D eigenvalue weighted by atomic mass is 16.3. The van der Waals surface area contributed by atoms with Crippen LogP contribution in [0.3, 0.4) is 0 Å². The first kappa shape index (κ1) is 16.3. The van der Waals surface area contributed by atoms with Gasteiger partial charge in [-0.15, -0.1) is 0 Å². The number of nitrogens with one attached hydrogen (secondary N) is 1. The zero-order valence-corrected chi connectivity index (χ0v) is 15.2. The fourth-order valence-corrected chi connectivity index (χ4v) is 3.25. The van der Waals surface area contributed by atoms with Gasteiger partial charge in [-0.1, -0.05) is 54.6 Å². The van der Waals surface area contributed by atoms with Crippen LogP contribution in [0.25, 0.3) is 33.7 Å². The van der Waals surface area contributed by atoms with Gasteiger partial charge in [0, 0.05) is 16.9 Å². The lowest BCUT2D eigenvalue weighted by atomic mass is 10.1. The number of hydrogen-bond acceptors (Lipinski definition) is 3. The van der Waals surface area contributed by atoms with Crippen LogP contribution in [0.4, 0.5) is 11.4 Å². The standard InChI is InChI=1S/C25H18N2O/c1-3-7-18(8-4-1)20-13-16-24-23(17-20)27-25(28-24)19-11-14-22(15-12-19)26-21-9-5-2-6-10-21/h1-17,26H. The molecule has 0 amide bonds. The van der Waals surface area contributed by atoms with Gasteiger partial charge in [-0.05, 0) is 59.7 Å². The Morgan fingerprint density at radius 1 is 0.571 bits per heavy atom. The second kappa shape index (κ2) is 7.05. The van der Waals surface area contributed by atoms with E-state index in [0.717, 1.165) is 33.6 Å². The van der Waals surface area contributed by atoms with Crippen LogP contribution in [0.1, 0.15) is 0 Å². The summed E-state index contributed by atoms with van der Waals surface area (Å²) >= 11 is 0. The zero-order chi connectivity index (χ0) is 18.8. The van der Waals surface area contributed by atoms with E-state index in [0.29, 0.717) is 5.89 Å². The molecule has 134 valence electrons. The van der Waals surface area contributed by atoms with Crippen molar-refractivity contribution in [2.45, 2.75) is 0 Å². The van der Waals surface area contributed by atoms with Crippen LogP contribution in [-0.2, 0) is 0 Å². The second-order valence-corrected chi connectivity index (χ2v) is 6.64. The summed E-state index contributed by atoms with van der Waals surface area (Å²) in [6.07, 6.45) is 0. The topological polar surface area (TPSA) is 38.1 Å². The fraction of sp³-hybridized carbons (Fsp3) is 0. The van der Waals surface area contributed by atoms with Crippen molar-refractivity contribution in [2.75, 3.05) is 5.32 Å². The maximum Gasteiger partial charge on any atom is 0.227 e. The lowest BCUT2D eigenvalue weighted by Crippen LogP contribution is -1.89. The summed E-state index contributed by atoms with van der Waals surface area (Å²) in [6, 6.07) is 34.6. The molecule has 0 saturated carbocycles. The molecule has 0 atom stereocenters. The number of anilines is 2. The highest BCUT2D eigenvalue weighted by molar-refractivity contribution is 5.82. The lowest BCUT2D eigenvalue weighted by molar-refractivity contribution is 0.620. The predicted molar refractivity (Wildman–Crippen MR) is 115 cm³/mol. The Morgan fingerprint density at radius 3 is 1.96 bits per heavy atom. The van der Waals surface area contributed by atoms with Crippen molar-refractivity contribution in [3.8, 4) is 22.6 Å². The van der Waals surface area contributed by atoms with Gasteiger partial charge in [-0.25, -0.2) is 4.98 Å². The Hall–Kier alpha value is -3.85. The summed E-state index contributed by atoms with van der Waals surface area (Å²) in [4.78, 5) is 4.70. The van der Waals surface area contributed by atoms with E-state index >= 15 is 0 Å². The Morgan fingerprint density at radius 2 is 1.21 bits per heavy atom. The molecular weight excluding hydrogens is 344 g/mol. The second-order valence-electron chi connectivity index (χ2n) is 6.64. The molecule has 4 aromatic carbocycles. The molecule has 1 N–H and O–H groups in total. The highest BCUT2D eigenvalue weighted by Gasteiger charge is 2.09. The first-order valence-corrected chi connectivity index (χ1v) is 9.24. The third-order valence-corrected chi connectivity index (χ3v) is 4.69. The maximum atomic E-state index is 5.97. The first-order valence-electron chi connectivity index (χ1n) is 9.24. The van der Waals surface area contributed by atoms with E-state index in [1.54, 1.807) is 0 Å². The van der Waals surface area contributed by atoms with Crippen LogP contribution in [0.2, 0.25) is 0 Å². The van der Waals surface area contributed by atoms with Crippen LogP contribution in [0.15, 0.2) is 108 Å². The average Bonchev–Trinajstić information content (AvgIpc) is 3.19. The summed E-state index contributed by atoms with van der Waals surface area (Å²) in [6.45, 7) is 0. The Kier molecular flexibility index (Phi) is 4.11. The molecule has 3 heteroatoms. The van der Waals surface area contributed by atoms with E-state index in [2.05, 4.69) is 29.6 Å². The molecule has 3 nitrogen and oxygen atoms in total. The molecule has 0 saturated heterocycles. The molecule has 0 aliphatic carbocycles. The van der Waals surface area contributed by atoms with Crippen LogP contribution < -0.4 is 5.32 Å². The van der Waals surface area contributed by atoms with Crippen molar-refractivity contribution in [1.29, 1.82) is 0 Å². The van der Waals surface area contributed by atoms with Crippen molar-refractivity contribution in [3.63, 3.8) is 0 Å². The molecular formula is C25H18N2O. The molecule has 0 unspecified atom stereocenters. The maximum absolute atomic E-state index is 5.97. The predicted octanol–water partition coefficient (Wildman–Crippen LogP) is 6.91. The number of aromatic nitrogens is 1. The zero-order valence-electron chi connectivity index (χ0n) is 15.2. The highest BCUT2D eigenvalue weighted by Crippen LogP contribution is 2.29. The van der Waals surface area contributed by atoms with E-state index in [-0.39, 0.29) is 0 Å². The van der Waals surface area contributed by atoms with Crippen LogP contribution in [0, 0.1) is 0 Å². The third-order valence-electron chi connectivity index (χ3n) is 4.69. The molecule has 0 fully saturated rings. The van der Waals surface area contributed by atoms with Gasteiger partial charge in [0.25, 0.3) is 0 Å². The SMILES string of the molecule is c1ccc(Nc2ccc(-c3nc4cc(-c5ccccc5)ccc4o3)cc2)cc1. The number of rotatable bonds is 4. The summed E-state index contributed by atoms with van der Waals surface area (Å²) < 4.78 is 5.97. The van der Waals surface area contributed by atoms with Gasteiger partial charge in [0.2, 0.25) is 5.89 Å². The number of hydrogen-bond donors (Lipinski definition) is 1.